The molecule has 0 saturated heterocycles. The number of nitro benzene ring substituents is 1. The molecule has 0 fully saturated rings. The van der Waals surface area contributed by atoms with E-state index < -0.39 is 4.92 Å². The van der Waals surface area contributed by atoms with Crippen molar-refractivity contribution in [3.8, 4) is 0 Å². The van der Waals surface area contributed by atoms with Crippen molar-refractivity contribution in [2.75, 3.05) is 5.32 Å². The largest absolute Gasteiger partial charge is 0.318 e. The molecule has 1 N–H and O–H groups in total. The van der Waals surface area contributed by atoms with Gasteiger partial charge in [0, 0.05) is 24.0 Å². The van der Waals surface area contributed by atoms with E-state index in [-0.39, 0.29) is 5.69 Å². The highest BCUT2D eigenvalue weighted by atomic mass is 16.6. The van der Waals surface area contributed by atoms with Gasteiger partial charge in [-0.15, -0.1) is 0 Å². The summed E-state index contributed by atoms with van der Waals surface area (Å²) in [5, 5.41) is 13.9. The Bertz CT molecular complexity index is 623. The lowest BCUT2D eigenvalue weighted by Gasteiger charge is -2.08. The predicted octanol–water partition coefficient (Wildman–Crippen LogP) is 3.08. The molecule has 0 spiro atoms. The van der Waals surface area contributed by atoms with Crippen LogP contribution >= 0.6 is 0 Å². The molecular weight excluding hydrogens is 244 g/mol. The monoisotopic (exact) mass is 256 g/mol. The van der Waals surface area contributed by atoms with Crippen LogP contribution in [0, 0.1) is 17.0 Å². The second kappa shape index (κ2) is 5.26. The van der Waals surface area contributed by atoms with E-state index >= 15 is 0 Å². The zero-order valence-electron chi connectivity index (χ0n) is 10.3. The maximum Gasteiger partial charge on any atom is 0.293 e. The molecular formula is C13H12N4O2. The summed E-state index contributed by atoms with van der Waals surface area (Å²) >= 11 is 0. The van der Waals surface area contributed by atoms with Gasteiger partial charge in [0.05, 0.1) is 4.92 Å². The van der Waals surface area contributed by atoms with Gasteiger partial charge in [0.1, 0.15) is 5.69 Å². The van der Waals surface area contributed by atoms with E-state index in [2.05, 4.69) is 21.9 Å². The van der Waals surface area contributed by atoms with Crippen molar-refractivity contribution in [2.45, 2.75) is 6.92 Å². The minimum atomic E-state index is -0.437. The Labute approximate surface area is 110 Å². The SMILES string of the molecule is C=Cc1cnc(Nc2c(C)cccc2[N+](=O)[O-])nc1. The third-order valence-corrected chi connectivity index (χ3v) is 2.59. The molecule has 0 unspecified atom stereocenters. The average Bonchev–Trinajstić information content (AvgIpc) is 2.41. The minimum Gasteiger partial charge on any atom is -0.318 e. The van der Waals surface area contributed by atoms with Crippen LogP contribution in [-0.4, -0.2) is 14.9 Å². The fraction of sp³-hybridized carbons (Fsp3) is 0.0769. The van der Waals surface area contributed by atoms with Gasteiger partial charge in [0.25, 0.3) is 5.69 Å². The third kappa shape index (κ3) is 2.74. The topological polar surface area (TPSA) is 81.0 Å². The predicted molar refractivity (Wildman–Crippen MR) is 73.2 cm³/mol. The zero-order valence-corrected chi connectivity index (χ0v) is 10.3. The van der Waals surface area contributed by atoms with E-state index in [0.717, 1.165) is 11.1 Å². The number of rotatable bonds is 4. The summed E-state index contributed by atoms with van der Waals surface area (Å²) < 4.78 is 0. The number of aromatic nitrogens is 2. The van der Waals surface area contributed by atoms with Crippen LogP contribution < -0.4 is 5.32 Å². The van der Waals surface area contributed by atoms with Gasteiger partial charge in [0.2, 0.25) is 5.95 Å². The molecule has 1 heterocycles. The number of nitro groups is 1. The summed E-state index contributed by atoms with van der Waals surface area (Å²) in [6.07, 6.45) is 4.80. The third-order valence-electron chi connectivity index (χ3n) is 2.59. The lowest BCUT2D eigenvalue weighted by Crippen LogP contribution is -2.02. The van der Waals surface area contributed by atoms with Crippen molar-refractivity contribution in [3.63, 3.8) is 0 Å². The molecule has 96 valence electrons. The fourth-order valence-electron chi connectivity index (χ4n) is 1.59. The first kappa shape index (κ1) is 12.7. The van der Waals surface area contributed by atoms with E-state index in [4.69, 9.17) is 0 Å². The van der Waals surface area contributed by atoms with E-state index in [1.165, 1.54) is 6.07 Å². The van der Waals surface area contributed by atoms with E-state index in [9.17, 15) is 10.1 Å². The maximum absolute atomic E-state index is 11.0. The van der Waals surface area contributed by atoms with Crippen LogP contribution in [0.5, 0.6) is 0 Å². The zero-order chi connectivity index (χ0) is 13.8. The number of nitrogens with zero attached hydrogens (tertiary/aromatic N) is 3. The molecule has 1 aromatic heterocycles. The van der Waals surface area contributed by atoms with Crippen LogP contribution in [0.2, 0.25) is 0 Å². The van der Waals surface area contributed by atoms with Crippen LogP contribution in [-0.2, 0) is 0 Å². The van der Waals surface area contributed by atoms with Crippen molar-refractivity contribution in [3.05, 3.63) is 58.4 Å². The van der Waals surface area contributed by atoms with E-state index in [1.54, 1.807) is 37.5 Å². The summed E-state index contributed by atoms with van der Waals surface area (Å²) in [6.45, 7) is 5.39. The molecule has 0 bridgehead atoms. The first-order chi connectivity index (χ1) is 9.11. The fourth-order valence-corrected chi connectivity index (χ4v) is 1.59. The first-order valence-corrected chi connectivity index (χ1v) is 5.57. The molecule has 0 aliphatic rings. The summed E-state index contributed by atoms with van der Waals surface area (Å²) in [5.74, 6) is 0.308. The van der Waals surface area contributed by atoms with Gasteiger partial charge in [-0.2, -0.15) is 0 Å². The molecule has 2 aromatic rings. The number of nitrogens with one attached hydrogen (secondary N) is 1. The van der Waals surface area contributed by atoms with Crippen LogP contribution in [0.1, 0.15) is 11.1 Å². The summed E-state index contributed by atoms with van der Waals surface area (Å²) in [6, 6.07) is 4.86. The van der Waals surface area contributed by atoms with Crippen molar-refractivity contribution in [2.24, 2.45) is 0 Å². The second-order valence-corrected chi connectivity index (χ2v) is 3.90. The number of hydrogen-bond donors (Lipinski definition) is 1. The lowest BCUT2D eigenvalue weighted by atomic mass is 10.1. The molecule has 6 nitrogen and oxygen atoms in total. The Morgan fingerprint density at radius 2 is 2.05 bits per heavy atom. The number of anilines is 2. The minimum absolute atomic E-state index is 0.00334. The van der Waals surface area contributed by atoms with Crippen molar-refractivity contribution < 1.29 is 4.92 Å². The normalized spacial score (nSPS) is 9.95. The molecule has 6 heteroatoms. The standard InChI is InChI=1S/C13H12N4O2/c1-3-10-7-14-13(15-8-10)16-12-9(2)5-4-6-11(12)17(18)19/h3-8H,1H2,2H3,(H,14,15,16). The molecule has 0 aliphatic carbocycles. The molecule has 0 saturated carbocycles. The first-order valence-electron chi connectivity index (χ1n) is 5.57. The van der Waals surface area contributed by atoms with Gasteiger partial charge < -0.3 is 5.32 Å². The molecule has 1 aromatic carbocycles. The number of para-hydroxylation sites is 1. The average molecular weight is 256 g/mol. The Kier molecular flexibility index (Phi) is 3.51. The molecule has 0 radical (unpaired) electrons. The van der Waals surface area contributed by atoms with Crippen molar-refractivity contribution in [1.29, 1.82) is 0 Å². The summed E-state index contributed by atoms with van der Waals surface area (Å²) in [5.41, 5.74) is 1.94. The Hall–Kier alpha value is -2.76. The lowest BCUT2D eigenvalue weighted by molar-refractivity contribution is -0.384. The Morgan fingerprint density at radius 3 is 2.63 bits per heavy atom. The molecule has 19 heavy (non-hydrogen) atoms. The van der Waals surface area contributed by atoms with Crippen molar-refractivity contribution in [1.82, 2.24) is 9.97 Å². The smallest absolute Gasteiger partial charge is 0.293 e. The quantitative estimate of drug-likeness (QED) is 0.671. The van der Waals surface area contributed by atoms with Crippen LogP contribution in [0.25, 0.3) is 6.08 Å². The van der Waals surface area contributed by atoms with Gasteiger partial charge >= 0.3 is 0 Å². The van der Waals surface area contributed by atoms with Gasteiger partial charge in [-0.05, 0) is 12.5 Å². The van der Waals surface area contributed by atoms with Crippen LogP contribution in [0.4, 0.5) is 17.3 Å². The number of hydrogen-bond acceptors (Lipinski definition) is 5. The van der Waals surface area contributed by atoms with Gasteiger partial charge in [0.15, 0.2) is 0 Å². The molecule has 0 aliphatic heterocycles. The summed E-state index contributed by atoms with van der Waals surface area (Å²) in [4.78, 5) is 18.7. The van der Waals surface area contributed by atoms with E-state index in [0.29, 0.717) is 11.6 Å². The van der Waals surface area contributed by atoms with Crippen LogP contribution in [0.15, 0.2) is 37.2 Å². The van der Waals surface area contributed by atoms with Gasteiger partial charge in [-0.1, -0.05) is 24.8 Å². The second-order valence-electron chi connectivity index (χ2n) is 3.90. The highest BCUT2D eigenvalue weighted by Crippen LogP contribution is 2.29. The van der Waals surface area contributed by atoms with Gasteiger partial charge in [-0.25, -0.2) is 9.97 Å². The van der Waals surface area contributed by atoms with E-state index in [1.807, 2.05) is 0 Å². The molecule has 2 rings (SSSR count). The Morgan fingerprint density at radius 1 is 1.37 bits per heavy atom. The van der Waals surface area contributed by atoms with Gasteiger partial charge in [-0.3, -0.25) is 10.1 Å². The Balaban J connectivity index is 2.36. The highest BCUT2D eigenvalue weighted by Gasteiger charge is 2.16. The molecule has 0 atom stereocenters. The summed E-state index contributed by atoms with van der Waals surface area (Å²) in [7, 11) is 0. The van der Waals surface area contributed by atoms with Crippen LogP contribution in [0.3, 0.4) is 0 Å². The maximum atomic E-state index is 11.0. The number of aryl methyl sites for hydroxylation is 1. The highest BCUT2D eigenvalue weighted by molar-refractivity contribution is 5.70. The number of benzene rings is 1. The molecule has 0 amide bonds. The van der Waals surface area contributed by atoms with Crippen molar-refractivity contribution >= 4 is 23.4 Å².